The lowest BCUT2D eigenvalue weighted by atomic mass is 10.2. The van der Waals surface area contributed by atoms with Crippen molar-refractivity contribution in [1.29, 1.82) is 0 Å². The number of hydrazone groups is 1. The maximum atomic E-state index is 4.28. The van der Waals surface area contributed by atoms with Crippen LogP contribution >= 0.6 is 0 Å². The predicted octanol–water partition coefficient (Wildman–Crippen LogP) is 4.28. The van der Waals surface area contributed by atoms with Crippen LogP contribution in [0.1, 0.15) is 17.0 Å². The molecule has 0 amide bonds. The minimum Gasteiger partial charge on any atom is -0.356 e. The summed E-state index contributed by atoms with van der Waals surface area (Å²) in [6.07, 6.45) is 1.74. The third kappa shape index (κ3) is 4.39. The van der Waals surface area contributed by atoms with Crippen LogP contribution in [-0.4, -0.2) is 16.2 Å². The molecule has 0 radical (unpaired) electrons. The van der Waals surface area contributed by atoms with E-state index in [0.29, 0.717) is 5.95 Å². The SMILES string of the molecule is Cc1cc(C)nc(N/N=C\c2ccc(Nc3ccccc3)cc2)n1. The lowest BCUT2D eigenvalue weighted by molar-refractivity contribution is 1.04. The molecule has 0 aliphatic carbocycles. The molecule has 0 aliphatic rings. The highest BCUT2D eigenvalue weighted by Gasteiger charge is 1.97. The van der Waals surface area contributed by atoms with Crippen molar-refractivity contribution in [3.05, 3.63) is 77.6 Å². The van der Waals surface area contributed by atoms with Gasteiger partial charge in [-0.05, 0) is 49.7 Å². The van der Waals surface area contributed by atoms with E-state index in [0.717, 1.165) is 28.3 Å². The number of nitrogens with zero attached hydrogens (tertiary/aromatic N) is 3. The van der Waals surface area contributed by atoms with Crippen LogP contribution in [0.15, 0.2) is 65.8 Å². The molecule has 0 saturated heterocycles. The standard InChI is InChI=1S/C19H19N5/c1-14-12-15(2)22-19(21-14)24-20-13-16-8-10-18(11-9-16)23-17-6-4-3-5-7-17/h3-13,23H,1-2H3,(H,21,22,24)/b20-13-. The molecule has 0 saturated carbocycles. The third-order valence-electron chi connectivity index (χ3n) is 3.33. The van der Waals surface area contributed by atoms with Gasteiger partial charge in [0.25, 0.3) is 0 Å². The predicted molar refractivity (Wildman–Crippen MR) is 98.9 cm³/mol. The fourth-order valence-electron chi connectivity index (χ4n) is 2.28. The summed E-state index contributed by atoms with van der Waals surface area (Å²) in [4.78, 5) is 8.56. The summed E-state index contributed by atoms with van der Waals surface area (Å²) >= 11 is 0. The first-order valence-corrected chi connectivity index (χ1v) is 7.72. The van der Waals surface area contributed by atoms with Crippen molar-refractivity contribution in [2.45, 2.75) is 13.8 Å². The van der Waals surface area contributed by atoms with Gasteiger partial charge in [0, 0.05) is 22.8 Å². The molecule has 0 fully saturated rings. The molecule has 1 heterocycles. The van der Waals surface area contributed by atoms with Gasteiger partial charge >= 0.3 is 0 Å². The second-order valence-electron chi connectivity index (χ2n) is 5.46. The van der Waals surface area contributed by atoms with E-state index in [4.69, 9.17) is 0 Å². The topological polar surface area (TPSA) is 62.2 Å². The molecule has 0 bridgehead atoms. The Morgan fingerprint density at radius 1 is 0.833 bits per heavy atom. The van der Waals surface area contributed by atoms with E-state index in [9.17, 15) is 0 Å². The van der Waals surface area contributed by atoms with E-state index in [2.05, 4.69) is 25.8 Å². The van der Waals surface area contributed by atoms with Crippen molar-refractivity contribution in [3.63, 3.8) is 0 Å². The first-order chi connectivity index (χ1) is 11.7. The number of aryl methyl sites for hydroxylation is 2. The molecule has 2 aromatic carbocycles. The second kappa shape index (κ2) is 7.37. The smallest absolute Gasteiger partial charge is 0.243 e. The second-order valence-corrected chi connectivity index (χ2v) is 5.46. The third-order valence-corrected chi connectivity index (χ3v) is 3.33. The van der Waals surface area contributed by atoms with Crippen LogP contribution in [0.4, 0.5) is 17.3 Å². The van der Waals surface area contributed by atoms with Crippen molar-refractivity contribution < 1.29 is 0 Å². The number of nitrogens with one attached hydrogen (secondary N) is 2. The van der Waals surface area contributed by atoms with Gasteiger partial charge in [-0.25, -0.2) is 15.4 Å². The number of benzene rings is 2. The molecule has 24 heavy (non-hydrogen) atoms. The molecule has 3 rings (SSSR count). The molecule has 0 spiro atoms. The van der Waals surface area contributed by atoms with Crippen LogP contribution in [-0.2, 0) is 0 Å². The molecule has 0 atom stereocenters. The van der Waals surface area contributed by atoms with Crippen molar-refractivity contribution in [2.75, 3.05) is 10.7 Å². The summed E-state index contributed by atoms with van der Waals surface area (Å²) in [5, 5.41) is 7.53. The first-order valence-electron chi connectivity index (χ1n) is 7.72. The quantitative estimate of drug-likeness (QED) is 0.544. The lowest BCUT2D eigenvalue weighted by Crippen LogP contribution is -1.99. The number of hydrogen-bond donors (Lipinski definition) is 2. The van der Waals surface area contributed by atoms with E-state index < -0.39 is 0 Å². The van der Waals surface area contributed by atoms with Crippen LogP contribution in [0.5, 0.6) is 0 Å². The van der Waals surface area contributed by atoms with Crippen LogP contribution in [0, 0.1) is 13.8 Å². The maximum absolute atomic E-state index is 4.28. The van der Waals surface area contributed by atoms with Crippen molar-refractivity contribution in [3.8, 4) is 0 Å². The van der Waals surface area contributed by atoms with Crippen molar-refractivity contribution in [1.82, 2.24) is 9.97 Å². The number of hydrogen-bond acceptors (Lipinski definition) is 5. The minimum absolute atomic E-state index is 0.506. The number of aromatic nitrogens is 2. The first kappa shape index (κ1) is 15.7. The van der Waals surface area contributed by atoms with Gasteiger partial charge in [-0.2, -0.15) is 5.10 Å². The van der Waals surface area contributed by atoms with Gasteiger partial charge in [0.1, 0.15) is 0 Å². The fraction of sp³-hybridized carbons (Fsp3) is 0.105. The average molecular weight is 317 g/mol. The summed E-state index contributed by atoms with van der Waals surface area (Å²) in [5.41, 5.74) is 7.77. The van der Waals surface area contributed by atoms with Gasteiger partial charge < -0.3 is 5.32 Å². The largest absolute Gasteiger partial charge is 0.356 e. The van der Waals surface area contributed by atoms with Crippen LogP contribution < -0.4 is 10.7 Å². The summed E-state index contributed by atoms with van der Waals surface area (Å²) in [5.74, 6) is 0.506. The van der Waals surface area contributed by atoms with E-state index >= 15 is 0 Å². The van der Waals surface area contributed by atoms with Crippen molar-refractivity contribution in [2.24, 2.45) is 5.10 Å². The van der Waals surface area contributed by atoms with Gasteiger partial charge in [-0.3, -0.25) is 0 Å². The summed E-state index contributed by atoms with van der Waals surface area (Å²) in [6.45, 7) is 3.87. The highest BCUT2D eigenvalue weighted by molar-refractivity contribution is 5.81. The normalized spacial score (nSPS) is 10.8. The Labute approximate surface area is 141 Å². The number of para-hydroxylation sites is 1. The lowest BCUT2D eigenvalue weighted by Gasteiger charge is -2.06. The zero-order valence-electron chi connectivity index (χ0n) is 13.7. The van der Waals surface area contributed by atoms with Gasteiger partial charge in [-0.1, -0.05) is 30.3 Å². The Kier molecular flexibility index (Phi) is 4.81. The number of rotatable bonds is 5. The van der Waals surface area contributed by atoms with Gasteiger partial charge in [-0.15, -0.1) is 0 Å². The van der Waals surface area contributed by atoms with E-state index in [1.54, 1.807) is 6.21 Å². The van der Waals surface area contributed by atoms with Gasteiger partial charge in [0.05, 0.1) is 6.21 Å². The average Bonchev–Trinajstić information content (AvgIpc) is 2.57. The number of anilines is 3. The Bertz CT molecular complexity index is 806. The molecule has 0 unspecified atom stereocenters. The Balaban J connectivity index is 1.61. The molecule has 3 aromatic rings. The molecule has 2 N–H and O–H groups in total. The van der Waals surface area contributed by atoms with Crippen LogP contribution in [0.25, 0.3) is 0 Å². The summed E-state index contributed by atoms with van der Waals surface area (Å²) < 4.78 is 0. The van der Waals surface area contributed by atoms with E-state index in [-0.39, 0.29) is 0 Å². The molecular weight excluding hydrogens is 298 g/mol. The Morgan fingerprint density at radius 3 is 2.12 bits per heavy atom. The molecule has 120 valence electrons. The van der Waals surface area contributed by atoms with E-state index in [1.165, 1.54) is 0 Å². The van der Waals surface area contributed by atoms with Gasteiger partial charge in [0.15, 0.2) is 0 Å². The van der Waals surface area contributed by atoms with Crippen LogP contribution in [0.3, 0.4) is 0 Å². The monoisotopic (exact) mass is 317 g/mol. The molecular formula is C19H19N5. The Morgan fingerprint density at radius 2 is 1.46 bits per heavy atom. The fourth-order valence-corrected chi connectivity index (χ4v) is 2.28. The zero-order valence-corrected chi connectivity index (χ0v) is 13.7. The molecule has 0 aliphatic heterocycles. The highest BCUT2D eigenvalue weighted by atomic mass is 15.3. The Hall–Kier alpha value is -3.21. The van der Waals surface area contributed by atoms with Gasteiger partial charge in [0.2, 0.25) is 5.95 Å². The highest BCUT2D eigenvalue weighted by Crippen LogP contribution is 2.16. The summed E-state index contributed by atoms with van der Waals surface area (Å²) in [6, 6.07) is 20.0. The molecule has 1 aromatic heterocycles. The summed E-state index contributed by atoms with van der Waals surface area (Å²) in [7, 11) is 0. The molecule has 5 heteroatoms. The van der Waals surface area contributed by atoms with Crippen LogP contribution in [0.2, 0.25) is 0 Å². The molecule has 5 nitrogen and oxygen atoms in total. The van der Waals surface area contributed by atoms with Crippen molar-refractivity contribution >= 4 is 23.5 Å². The zero-order chi connectivity index (χ0) is 16.8. The minimum atomic E-state index is 0.506. The van der Waals surface area contributed by atoms with E-state index in [1.807, 2.05) is 74.5 Å². The maximum Gasteiger partial charge on any atom is 0.243 e.